The van der Waals surface area contributed by atoms with Gasteiger partial charge >= 0.3 is 0 Å². The third kappa shape index (κ3) is 4.13. The van der Waals surface area contributed by atoms with Crippen LogP contribution in [0.5, 0.6) is 0 Å². The highest BCUT2D eigenvalue weighted by atomic mass is 16.3. The van der Waals surface area contributed by atoms with E-state index in [2.05, 4.69) is 0 Å². The summed E-state index contributed by atoms with van der Waals surface area (Å²) < 4.78 is 0. The molecule has 0 spiro atoms. The van der Waals surface area contributed by atoms with E-state index in [1.54, 1.807) is 0 Å². The van der Waals surface area contributed by atoms with E-state index < -0.39 is 6.10 Å². The Labute approximate surface area is 89.9 Å². The number of aliphatic hydroxyl groups is 1. The number of carbonyl (C=O) groups is 1. The van der Waals surface area contributed by atoms with Crippen LogP contribution in [0.3, 0.4) is 0 Å². The Hall–Kier alpha value is -1.35. The molecule has 1 aromatic rings. The molecular weight excluding hydrogens is 190 g/mol. The van der Waals surface area contributed by atoms with Gasteiger partial charge in [-0.3, -0.25) is 4.79 Å². The maximum atomic E-state index is 10.5. The first-order valence-electron chi connectivity index (χ1n) is 5.12. The van der Waals surface area contributed by atoms with Gasteiger partial charge in [0.25, 0.3) is 0 Å². The number of nitrogens with two attached hydrogens (primary N) is 1. The van der Waals surface area contributed by atoms with E-state index in [0.29, 0.717) is 19.3 Å². The van der Waals surface area contributed by atoms with Crippen LogP contribution in [0.25, 0.3) is 0 Å². The highest BCUT2D eigenvalue weighted by Crippen LogP contribution is 2.19. The van der Waals surface area contributed by atoms with Gasteiger partial charge in [-0.15, -0.1) is 0 Å². The molecule has 1 aromatic carbocycles. The Morgan fingerprint density at radius 3 is 2.53 bits per heavy atom. The van der Waals surface area contributed by atoms with Crippen molar-refractivity contribution in [2.45, 2.75) is 32.3 Å². The largest absolute Gasteiger partial charge is 0.388 e. The molecule has 0 saturated heterocycles. The lowest BCUT2D eigenvalue weighted by molar-refractivity contribution is -0.118. The van der Waals surface area contributed by atoms with Gasteiger partial charge in [-0.2, -0.15) is 0 Å². The van der Waals surface area contributed by atoms with Crippen LogP contribution < -0.4 is 5.73 Å². The first kappa shape index (κ1) is 11.7. The molecule has 0 aliphatic heterocycles. The Kier molecular flexibility index (Phi) is 4.31. The molecule has 0 aromatic heterocycles. The summed E-state index contributed by atoms with van der Waals surface area (Å²) >= 11 is 0. The first-order valence-corrected chi connectivity index (χ1v) is 5.12. The second-order valence-corrected chi connectivity index (χ2v) is 3.79. The zero-order valence-electron chi connectivity index (χ0n) is 8.94. The van der Waals surface area contributed by atoms with Crippen molar-refractivity contribution < 1.29 is 9.90 Å². The van der Waals surface area contributed by atoms with Gasteiger partial charge in [-0.05, 0) is 25.3 Å². The van der Waals surface area contributed by atoms with Crippen LogP contribution in [0.4, 0.5) is 0 Å². The predicted octanol–water partition coefficient (Wildman–Crippen LogP) is 1.68. The monoisotopic (exact) mass is 207 g/mol. The van der Waals surface area contributed by atoms with Crippen LogP contribution in [0.1, 0.15) is 36.5 Å². The molecule has 3 heteroatoms. The summed E-state index contributed by atoms with van der Waals surface area (Å²) in [6.07, 6.45) is 1.05. The molecule has 1 atom stereocenters. The average molecular weight is 207 g/mol. The van der Waals surface area contributed by atoms with Crippen LogP contribution in [-0.2, 0) is 4.79 Å². The van der Waals surface area contributed by atoms with Crippen molar-refractivity contribution >= 4 is 5.91 Å². The Bertz CT molecular complexity index is 319. The number of hydrogen-bond acceptors (Lipinski definition) is 2. The van der Waals surface area contributed by atoms with Crippen LogP contribution in [0.2, 0.25) is 0 Å². The van der Waals surface area contributed by atoms with Crippen LogP contribution >= 0.6 is 0 Å². The van der Waals surface area contributed by atoms with Gasteiger partial charge in [0.1, 0.15) is 0 Å². The summed E-state index contributed by atoms with van der Waals surface area (Å²) in [5.74, 6) is -0.314. The van der Waals surface area contributed by atoms with Crippen molar-refractivity contribution in [1.29, 1.82) is 0 Å². The summed E-state index contributed by atoms with van der Waals surface area (Å²) in [5.41, 5.74) is 7.08. The fourth-order valence-corrected chi connectivity index (χ4v) is 1.42. The van der Waals surface area contributed by atoms with Crippen molar-refractivity contribution in [2.24, 2.45) is 5.73 Å². The number of rotatable bonds is 5. The van der Waals surface area contributed by atoms with E-state index in [9.17, 15) is 9.90 Å². The predicted molar refractivity (Wildman–Crippen MR) is 59.2 cm³/mol. The minimum Gasteiger partial charge on any atom is -0.388 e. The zero-order valence-corrected chi connectivity index (χ0v) is 8.94. The average Bonchev–Trinajstić information content (AvgIpc) is 2.18. The van der Waals surface area contributed by atoms with Gasteiger partial charge in [0.2, 0.25) is 5.91 Å². The number of benzene rings is 1. The molecule has 0 aliphatic rings. The van der Waals surface area contributed by atoms with Gasteiger partial charge in [0, 0.05) is 6.42 Å². The fourth-order valence-electron chi connectivity index (χ4n) is 1.42. The Balaban J connectivity index is 2.43. The highest BCUT2D eigenvalue weighted by Gasteiger charge is 2.07. The summed E-state index contributed by atoms with van der Waals surface area (Å²) in [4.78, 5) is 10.5. The number of aryl methyl sites for hydroxylation is 1. The van der Waals surface area contributed by atoms with Crippen molar-refractivity contribution in [3.05, 3.63) is 35.4 Å². The van der Waals surface area contributed by atoms with Crippen molar-refractivity contribution in [1.82, 2.24) is 0 Å². The summed E-state index contributed by atoms with van der Waals surface area (Å²) in [6.45, 7) is 2.00. The first-order chi connectivity index (χ1) is 7.09. The van der Waals surface area contributed by atoms with E-state index in [1.165, 1.54) is 5.56 Å². The summed E-state index contributed by atoms with van der Waals surface area (Å²) in [5, 5.41) is 9.77. The van der Waals surface area contributed by atoms with E-state index in [1.807, 2.05) is 31.2 Å². The molecule has 3 nitrogen and oxygen atoms in total. The minimum atomic E-state index is -0.495. The van der Waals surface area contributed by atoms with E-state index in [-0.39, 0.29) is 5.91 Å². The third-order valence-electron chi connectivity index (χ3n) is 2.36. The normalized spacial score (nSPS) is 12.4. The number of hydrogen-bond donors (Lipinski definition) is 2. The van der Waals surface area contributed by atoms with Crippen molar-refractivity contribution in [2.75, 3.05) is 0 Å². The lowest BCUT2D eigenvalue weighted by Gasteiger charge is -2.10. The molecule has 0 bridgehead atoms. The van der Waals surface area contributed by atoms with Gasteiger partial charge in [0.15, 0.2) is 0 Å². The van der Waals surface area contributed by atoms with Gasteiger partial charge in [-0.25, -0.2) is 0 Å². The van der Waals surface area contributed by atoms with Crippen molar-refractivity contribution in [3.8, 4) is 0 Å². The standard InChI is InChI=1S/C12H17NO2/c1-9-5-7-10(8-6-9)11(14)3-2-4-12(13)15/h5-8,11,14H,2-4H2,1H3,(H2,13,15). The molecule has 3 N–H and O–H groups in total. The molecule has 0 aliphatic carbocycles. The molecule has 0 radical (unpaired) electrons. The van der Waals surface area contributed by atoms with E-state index in [4.69, 9.17) is 5.73 Å². The van der Waals surface area contributed by atoms with Gasteiger partial charge in [-0.1, -0.05) is 29.8 Å². The lowest BCUT2D eigenvalue weighted by Crippen LogP contribution is -2.10. The van der Waals surface area contributed by atoms with Crippen LogP contribution in [0.15, 0.2) is 24.3 Å². The maximum Gasteiger partial charge on any atom is 0.217 e. The quantitative estimate of drug-likeness (QED) is 0.771. The molecule has 1 rings (SSSR count). The SMILES string of the molecule is Cc1ccc(C(O)CCCC(N)=O)cc1. The third-order valence-corrected chi connectivity index (χ3v) is 2.36. The second kappa shape index (κ2) is 5.51. The summed E-state index contributed by atoms with van der Waals surface area (Å²) in [6, 6.07) is 7.74. The molecule has 0 saturated carbocycles. The Morgan fingerprint density at radius 1 is 1.40 bits per heavy atom. The maximum absolute atomic E-state index is 10.5. The zero-order chi connectivity index (χ0) is 11.3. The van der Waals surface area contributed by atoms with Gasteiger partial charge < -0.3 is 10.8 Å². The molecular formula is C12H17NO2. The fraction of sp³-hybridized carbons (Fsp3) is 0.417. The smallest absolute Gasteiger partial charge is 0.217 e. The van der Waals surface area contributed by atoms with Gasteiger partial charge in [0.05, 0.1) is 6.10 Å². The number of amides is 1. The highest BCUT2D eigenvalue weighted by molar-refractivity contribution is 5.73. The number of primary amides is 1. The van der Waals surface area contributed by atoms with Crippen LogP contribution in [0, 0.1) is 6.92 Å². The lowest BCUT2D eigenvalue weighted by atomic mass is 10.0. The molecule has 82 valence electrons. The molecule has 15 heavy (non-hydrogen) atoms. The molecule has 0 heterocycles. The molecule has 1 amide bonds. The molecule has 0 fully saturated rings. The summed E-state index contributed by atoms with van der Waals surface area (Å²) in [7, 11) is 0. The van der Waals surface area contributed by atoms with E-state index >= 15 is 0 Å². The van der Waals surface area contributed by atoms with Crippen LogP contribution in [-0.4, -0.2) is 11.0 Å². The topological polar surface area (TPSA) is 63.3 Å². The van der Waals surface area contributed by atoms with Crippen molar-refractivity contribution in [3.63, 3.8) is 0 Å². The second-order valence-electron chi connectivity index (χ2n) is 3.79. The minimum absolute atomic E-state index is 0.314. The molecule has 1 unspecified atom stereocenters. The number of carbonyl (C=O) groups excluding carboxylic acids is 1. The Morgan fingerprint density at radius 2 is 2.00 bits per heavy atom. The number of aliphatic hydroxyl groups excluding tert-OH is 1. The van der Waals surface area contributed by atoms with E-state index in [0.717, 1.165) is 5.56 Å².